The van der Waals surface area contributed by atoms with E-state index < -0.39 is 23.8 Å². The molecule has 0 aliphatic rings. The highest BCUT2D eigenvalue weighted by molar-refractivity contribution is 5.92. The number of hydrogen-bond acceptors (Lipinski definition) is 4. The minimum Gasteiger partial charge on any atom is -0.444 e. The summed E-state index contributed by atoms with van der Waals surface area (Å²) in [5.74, 6) is -0.494. The highest BCUT2D eigenvalue weighted by Crippen LogP contribution is 2.28. The molecule has 2 atom stereocenters. The molecule has 0 saturated carbocycles. The Balaban J connectivity index is 2.56. The van der Waals surface area contributed by atoms with E-state index in [-0.39, 0.29) is 18.2 Å². The molecule has 2 aromatic carbocycles. The molecule has 2 N–H and O–H groups in total. The average molecular weight is 580 g/mol. The summed E-state index contributed by atoms with van der Waals surface area (Å²) in [6.07, 6.45) is 6.46. The number of ether oxygens (including phenoxy) is 1. The molecule has 3 amide bonds. The van der Waals surface area contributed by atoms with Crippen molar-refractivity contribution in [3.63, 3.8) is 0 Å². The second-order valence-corrected chi connectivity index (χ2v) is 12.2. The lowest BCUT2D eigenvalue weighted by Gasteiger charge is -2.35. The molecule has 232 valence electrons. The van der Waals surface area contributed by atoms with Crippen LogP contribution in [0.3, 0.4) is 0 Å². The van der Waals surface area contributed by atoms with E-state index in [0.717, 1.165) is 67.2 Å². The standard InChI is InChI=1S/C35H53N3O4/c1-8-10-12-13-17-23-38(31(32(39)36-22-11-9-2)29-24-26(3)20-21-27(29)4)33(40)30(25-28-18-15-14-16-19-28)37-34(41)42-35(5,6)7/h14-16,18-21,24,30-31H,8-13,17,22-23,25H2,1-7H3,(H,36,39)(H,37,41). The number of rotatable bonds is 16. The van der Waals surface area contributed by atoms with Crippen molar-refractivity contribution in [3.8, 4) is 0 Å². The minimum absolute atomic E-state index is 0.199. The Labute approximate surface area is 253 Å². The highest BCUT2D eigenvalue weighted by Gasteiger charge is 2.36. The van der Waals surface area contributed by atoms with Gasteiger partial charge in [0, 0.05) is 19.5 Å². The number of aryl methyl sites for hydroxylation is 2. The second kappa shape index (κ2) is 17.6. The van der Waals surface area contributed by atoms with Gasteiger partial charge in [-0.1, -0.05) is 100 Å². The van der Waals surface area contributed by atoms with Gasteiger partial charge in [0.2, 0.25) is 11.8 Å². The Morgan fingerprint density at radius 3 is 2.19 bits per heavy atom. The maximum absolute atomic E-state index is 14.6. The summed E-state index contributed by atoms with van der Waals surface area (Å²) in [5, 5.41) is 5.94. The third kappa shape index (κ3) is 11.9. The van der Waals surface area contributed by atoms with Gasteiger partial charge in [-0.05, 0) is 64.2 Å². The normalized spacial score (nSPS) is 12.7. The smallest absolute Gasteiger partial charge is 0.408 e. The minimum atomic E-state index is -0.908. The molecule has 0 heterocycles. The van der Waals surface area contributed by atoms with Gasteiger partial charge in [0.05, 0.1) is 0 Å². The van der Waals surface area contributed by atoms with Crippen LogP contribution < -0.4 is 10.6 Å². The monoisotopic (exact) mass is 579 g/mol. The van der Waals surface area contributed by atoms with Crippen LogP contribution >= 0.6 is 0 Å². The molecule has 0 aromatic heterocycles. The summed E-state index contributed by atoms with van der Waals surface area (Å²) in [6, 6.07) is 13.9. The molecule has 0 saturated heterocycles. The van der Waals surface area contributed by atoms with Gasteiger partial charge in [-0.25, -0.2) is 4.79 Å². The fourth-order valence-corrected chi connectivity index (χ4v) is 4.94. The van der Waals surface area contributed by atoms with Gasteiger partial charge in [0.25, 0.3) is 0 Å². The molecular weight excluding hydrogens is 526 g/mol. The SMILES string of the molecule is CCCCCCCN(C(=O)C(Cc1ccccc1)NC(=O)OC(C)(C)C)C(C(=O)NCCCC)c1cc(C)ccc1C. The van der Waals surface area contributed by atoms with Crippen molar-refractivity contribution < 1.29 is 19.1 Å². The number of alkyl carbamates (subject to hydrolysis) is 1. The van der Waals surface area contributed by atoms with E-state index in [4.69, 9.17) is 4.74 Å². The zero-order valence-corrected chi connectivity index (χ0v) is 26.9. The van der Waals surface area contributed by atoms with E-state index in [9.17, 15) is 14.4 Å². The maximum Gasteiger partial charge on any atom is 0.408 e. The lowest BCUT2D eigenvalue weighted by Crippen LogP contribution is -2.54. The molecule has 2 aromatic rings. The van der Waals surface area contributed by atoms with Crippen LogP contribution in [0.4, 0.5) is 4.79 Å². The van der Waals surface area contributed by atoms with E-state index in [1.807, 2.05) is 62.4 Å². The van der Waals surface area contributed by atoms with Crippen molar-refractivity contribution in [2.24, 2.45) is 0 Å². The topological polar surface area (TPSA) is 87.7 Å². The molecule has 0 fully saturated rings. The summed E-state index contributed by atoms with van der Waals surface area (Å²) >= 11 is 0. The van der Waals surface area contributed by atoms with E-state index in [1.165, 1.54) is 0 Å². The van der Waals surface area contributed by atoms with Crippen LogP contribution in [-0.4, -0.2) is 47.5 Å². The molecule has 0 spiro atoms. The summed E-state index contributed by atoms with van der Waals surface area (Å²) in [6.45, 7) is 14.5. The number of benzene rings is 2. The molecular formula is C35H53N3O4. The number of carbonyl (C=O) groups is 3. The Kier molecular flexibility index (Phi) is 14.6. The molecule has 2 rings (SSSR count). The first-order valence-corrected chi connectivity index (χ1v) is 15.7. The Bertz CT molecular complexity index is 1130. The number of carbonyl (C=O) groups excluding carboxylic acids is 3. The fraction of sp³-hybridized carbons (Fsp3) is 0.571. The average Bonchev–Trinajstić information content (AvgIpc) is 2.93. The largest absolute Gasteiger partial charge is 0.444 e. The van der Waals surface area contributed by atoms with Crippen LogP contribution in [0.1, 0.15) is 108 Å². The summed E-state index contributed by atoms with van der Waals surface area (Å²) in [4.78, 5) is 43.2. The van der Waals surface area contributed by atoms with Gasteiger partial charge in [-0.2, -0.15) is 0 Å². The van der Waals surface area contributed by atoms with Gasteiger partial charge in [0.1, 0.15) is 17.7 Å². The lowest BCUT2D eigenvalue weighted by molar-refractivity contribution is -0.142. The summed E-state index contributed by atoms with van der Waals surface area (Å²) in [5.41, 5.74) is 2.96. The fourth-order valence-electron chi connectivity index (χ4n) is 4.94. The van der Waals surface area contributed by atoms with Gasteiger partial charge < -0.3 is 20.3 Å². The predicted octanol–water partition coefficient (Wildman–Crippen LogP) is 7.20. The van der Waals surface area contributed by atoms with E-state index in [0.29, 0.717) is 13.1 Å². The molecule has 0 radical (unpaired) electrons. The third-order valence-electron chi connectivity index (χ3n) is 7.18. The van der Waals surface area contributed by atoms with Crippen LogP contribution in [0.25, 0.3) is 0 Å². The maximum atomic E-state index is 14.6. The molecule has 42 heavy (non-hydrogen) atoms. The first kappa shape index (κ1) is 34.8. The van der Waals surface area contributed by atoms with Crippen LogP contribution in [-0.2, 0) is 20.7 Å². The van der Waals surface area contributed by atoms with E-state index in [1.54, 1.807) is 25.7 Å². The molecule has 0 aliphatic heterocycles. The molecule has 0 bridgehead atoms. The number of amides is 3. The van der Waals surface area contributed by atoms with Crippen LogP contribution in [0.2, 0.25) is 0 Å². The van der Waals surface area contributed by atoms with Crippen molar-refractivity contribution in [3.05, 3.63) is 70.8 Å². The molecule has 0 aliphatic carbocycles. The lowest BCUT2D eigenvalue weighted by atomic mass is 9.95. The first-order chi connectivity index (χ1) is 20.0. The second-order valence-electron chi connectivity index (χ2n) is 12.2. The van der Waals surface area contributed by atoms with Crippen molar-refractivity contribution in [1.82, 2.24) is 15.5 Å². The molecule has 2 unspecified atom stereocenters. The Hall–Kier alpha value is -3.35. The Morgan fingerprint density at radius 1 is 0.881 bits per heavy atom. The summed E-state index contributed by atoms with van der Waals surface area (Å²) in [7, 11) is 0. The van der Waals surface area contributed by atoms with Crippen molar-refractivity contribution in [2.45, 2.75) is 118 Å². The van der Waals surface area contributed by atoms with Crippen molar-refractivity contribution >= 4 is 17.9 Å². The van der Waals surface area contributed by atoms with Crippen LogP contribution in [0.15, 0.2) is 48.5 Å². The number of nitrogens with zero attached hydrogens (tertiary/aromatic N) is 1. The third-order valence-corrected chi connectivity index (χ3v) is 7.18. The van der Waals surface area contributed by atoms with Crippen molar-refractivity contribution in [2.75, 3.05) is 13.1 Å². The zero-order chi connectivity index (χ0) is 31.1. The van der Waals surface area contributed by atoms with Gasteiger partial charge >= 0.3 is 6.09 Å². The zero-order valence-electron chi connectivity index (χ0n) is 26.9. The van der Waals surface area contributed by atoms with Gasteiger partial charge in [-0.15, -0.1) is 0 Å². The number of unbranched alkanes of at least 4 members (excludes halogenated alkanes) is 5. The first-order valence-electron chi connectivity index (χ1n) is 15.7. The predicted molar refractivity (Wildman–Crippen MR) is 170 cm³/mol. The van der Waals surface area contributed by atoms with Gasteiger partial charge in [0.15, 0.2) is 0 Å². The van der Waals surface area contributed by atoms with E-state index >= 15 is 0 Å². The van der Waals surface area contributed by atoms with Crippen molar-refractivity contribution in [1.29, 1.82) is 0 Å². The van der Waals surface area contributed by atoms with Gasteiger partial charge in [-0.3, -0.25) is 9.59 Å². The number of hydrogen-bond donors (Lipinski definition) is 2. The highest BCUT2D eigenvalue weighted by atomic mass is 16.6. The quantitative estimate of drug-likeness (QED) is 0.206. The van der Waals surface area contributed by atoms with Crippen LogP contribution in [0.5, 0.6) is 0 Å². The molecule has 7 heteroatoms. The summed E-state index contributed by atoms with van der Waals surface area (Å²) < 4.78 is 5.55. The Morgan fingerprint density at radius 2 is 1.55 bits per heavy atom. The van der Waals surface area contributed by atoms with Crippen LogP contribution in [0, 0.1) is 13.8 Å². The number of nitrogens with one attached hydrogen (secondary N) is 2. The molecule has 7 nitrogen and oxygen atoms in total. The van der Waals surface area contributed by atoms with E-state index in [2.05, 4.69) is 24.5 Å².